The van der Waals surface area contributed by atoms with Gasteiger partial charge in [0.25, 0.3) is 5.56 Å². The van der Waals surface area contributed by atoms with Crippen LogP contribution in [0.3, 0.4) is 0 Å². The predicted molar refractivity (Wildman–Crippen MR) is 94.5 cm³/mol. The van der Waals surface area contributed by atoms with Crippen LogP contribution in [0.15, 0.2) is 9.32 Å². The number of fused-ring (bicyclic) bond motifs is 1. The number of nitrogens with zero attached hydrogens (tertiary/aromatic N) is 3. The van der Waals surface area contributed by atoms with Crippen molar-refractivity contribution in [2.24, 2.45) is 0 Å². The monoisotopic (exact) mass is 342 g/mol. The van der Waals surface area contributed by atoms with Gasteiger partial charge in [-0.3, -0.25) is 9.69 Å². The average molecular weight is 342 g/mol. The number of H-pyrrole nitrogens is 1. The summed E-state index contributed by atoms with van der Waals surface area (Å²) in [6.07, 6.45) is 6.94. The quantitative estimate of drug-likeness (QED) is 0.928. The molecule has 0 atom stereocenters. The Balaban J connectivity index is 1.54. The second-order valence-electron chi connectivity index (χ2n) is 7.47. The normalized spacial score (nSPS) is 19.1. The molecule has 0 spiro atoms. The fraction of sp³-hybridized carbons (Fsp3) is 0.632. The van der Waals surface area contributed by atoms with Crippen molar-refractivity contribution < 1.29 is 4.52 Å². The first kappa shape index (κ1) is 16.5. The molecule has 4 rings (SSSR count). The first-order valence-electron chi connectivity index (χ1n) is 9.38. The van der Waals surface area contributed by atoms with E-state index in [-0.39, 0.29) is 5.56 Å². The second kappa shape index (κ2) is 6.75. The summed E-state index contributed by atoms with van der Waals surface area (Å²) in [5, 5.41) is 4.02. The summed E-state index contributed by atoms with van der Waals surface area (Å²) in [5.41, 5.74) is 3.94. The van der Waals surface area contributed by atoms with E-state index in [1.807, 2.05) is 13.8 Å². The highest BCUT2D eigenvalue weighted by Gasteiger charge is 2.25. The lowest BCUT2D eigenvalue weighted by Gasteiger charge is -2.28. The Labute approximate surface area is 147 Å². The van der Waals surface area contributed by atoms with E-state index in [4.69, 9.17) is 9.51 Å². The van der Waals surface area contributed by atoms with Crippen molar-refractivity contribution >= 4 is 0 Å². The zero-order chi connectivity index (χ0) is 17.4. The lowest BCUT2D eigenvalue weighted by Crippen LogP contribution is -2.36. The minimum atomic E-state index is 0.0500. The van der Waals surface area contributed by atoms with Gasteiger partial charge < -0.3 is 9.51 Å². The summed E-state index contributed by atoms with van der Waals surface area (Å²) in [6, 6.07) is 0. The van der Waals surface area contributed by atoms with E-state index in [0.29, 0.717) is 12.5 Å². The van der Waals surface area contributed by atoms with Gasteiger partial charge in [-0.05, 0) is 26.7 Å². The van der Waals surface area contributed by atoms with Gasteiger partial charge >= 0.3 is 0 Å². The number of aromatic nitrogens is 3. The standard InChI is InChI=1S/C19H26N4O2/c1-12-15(13(2)25-22-12)10-23-9-8-17-16(11-23)19(24)21-18(20-17)14-6-4-3-5-7-14/h14H,3-11H2,1-2H3,(H,20,21,24). The SMILES string of the molecule is Cc1noc(C)c1CN1CCc2nc(C3CCCCC3)[nH]c(=O)c2C1. The molecule has 0 amide bonds. The minimum Gasteiger partial charge on any atom is -0.361 e. The number of aromatic amines is 1. The first-order valence-corrected chi connectivity index (χ1v) is 9.38. The van der Waals surface area contributed by atoms with Crippen LogP contribution in [-0.2, 0) is 19.5 Å². The molecule has 1 N–H and O–H groups in total. The molecule has 2 aromatic heterocycles. The molecule has 0 saturated heterocycles. The van der Waals surface area contributed by atoms with Crippen molar-refractivity contribution in [1.29, 1.82) is 0 Å². The Kier molecular flexibility index (Phi) is 4.46. The number of aryl methyl sites for hydroxylation is 2. The highest BCUT2D eigenvalue weighted by molar-refractivity contribution is 5.24. The van der Waals surface area contributed by atoms with Gasteiger partial charge in [0.05, 0.1) is 17.0 Å². The third-order valence-corrected chi connectivity index (χ3v) is 5.72. The molecule has 134 valence electrons. The van der Waals surface area contributed by atoms with Gasteiger partial charge in [0.2, 0.25) is 0 Å². The molecule has 2 aromatic rings. The third kappa shape index (κ3) is 3.27. The van der Waals surface area contributed by atoms with Crippen molar-refractivity contribution in [3.8, 4) is 0 Å². The molecule has 0 aromatic carbocycles. The molecule has 3 heterocycles. The lowest BCUT2D eigenvalue weighted by molar-refractivity contribution is 0.239. The third-order valence-electron chi connectivity index (χ3n) is 5.72. The van der Waals surface area contributed by atoms with Gasteiger partial charge in [0.15, 0.2) is 0 Å². The van der Waals surface area contributed by atoms with Gasteiger partial charge in [-0.1, -0.05) is 24.4 Å². The van der Waals surface area contributed by atoms with Crippen LogP contribution in [0.1, 0.15) is 72.1 Å². The summed E-state index contributed by atoms with van der Waals surface area (Å²) < 4.78 is 5.26. The molecule has 2 aliphatic rings. The Hall–Kier alpha value is -1.95. The fourth-order valence-electron chi connectivity index (χ4n) is 4.16. The largest absolute Gasteiger partial charge is 0.361 e. The minimum absolute atomic E-state index is 0.0500. The van der Waals surface area contributed by atoms with Crippen LogP contribution < -0.4 is 5.56 Å². The smallest absolute Gasteiger partial charge is 0.255 e. The van der Waals surface area contributed by atoms with E-state index in [9.17, 15) is 4.79 Å². The Morgan fingerprint density at radius 1 is 1.24 bits per heavy atom. The van der Waals surface area contributed by atoms with Crippen LogP contribution in [0, 0.1) is 13.8 Å². The van der Waals surface area contributed by atoms with Crippen LogP contribution in [0.5, 0.6) is 0 Å². The highest BCUT2D eigenvalue weighted by atomic mass is 16.5. The zero-order valence-corrected chi connectivity index (χ0v) is 15.1. The molecule has 25 heavy (non-hydrogen) atoms. The summed E-state index contributed by atoms with van der Waals surface area (Å²) in [7, 11) is 0. The molecule has 1 saturated carbocycles. The van der Waals surface area contributed by atoms with E-state index in [0.717, 1.165) is 66.5 Å². The molecule has 1 aliphatic heterocycles. The molecule has 0 bridgehead atoms. The van der Waals surface area contributed by atoms with Crippen LogP contribution in [0.25, 0.3) is 0 Å². The van der Waals surface area contributed by atoms with Crippen LogP contribution in [0.4, 0.5) is 0 Å². The molecular weight excluding hydrogens is 316 g/mol. The van der Waals surface area contributed by atoms with Crippen molar-refractivity contribution in [2.45, 2.75) is 71.4 Å². The van der Waals surface area contributed by atoms with Crippen molar-refractivity contribution in [3.63, 3.8) is 0 Å². The predicted octanol–water partition coefficient (Wildman–Crippen LogP) is 2.98. The molecular formula is C19H26N4O2. The van der Waals surface area contributed by atoms with Gasteiger partial charge in [0, 0.05) is 37.5 Å². The maximum atomic E-state index is 12.7. The topological polar surface area (TPSA) is 75.0 Å². The summed E-state index contributed by atoms with van der Waals surface area (Å²) in [5.74, 6) is 2.22. The van der Waals surface area contributed by atoms with Crippen LogP contribution in [0.2, 0.25) is 0 Å². The molecule has 0 radical (unpaired) electrons. The Bertz CT molecular complexity index is 798. The zero-order valence-electron chi connectivity index (χ0n) is 15.1. The van der Waals surface area contributed by atoms with Crippen molar-refractivity contribution in [2.75, 3.05) is 6.54 Å². The summed E-state index contributed by atoms with van der Waals surface area (Å²) in [6.45, 7) is 6.24. The van der Waals surface area contributed by atoms with E-state index < -0.39 is 0 Å². The number of hydrogen-bond acceptors (Lipinski definition) is 5. The average Bonchev–Trinajstić information content (AvgIpc) is 2.95. The van der Waals surface area contributed by atoms with Crippen LogP contribution >= 0.6 is 0 Å². The van der Waals surface area contributed by atoms with Crippen molar-refractivity contribution in [1.82, 2.24) is 20.0 Å². The van der Waals surface area contributed by atoms with Crippen LogP contribution in [-0.4, -0.2) is 26.6 Å². The Morgan fingerprint density at radius 3 is 2.76 bits per heavy atom. The maximum absolute atomic E-state index is 12.7. The molecule has 1 aliphatic carbocycles. The highest BCUT2D eigenvalue weighted by Crippen LogP contribution is 2.31. The van der Waals surface area contributed by atoms with Gasteiger partial charge in [0.1, 0.15) is 11.6 Å². The van der Waals surface area contributed by atoms with E-state index in [2.05, 4.69) is 15.0 Å². The van der Waals surface area contributed by atoms with Gasteiger partial charge in [-0.2, -0.15) is 0 Å². The van der Waals surface area contributed by atoms with Gasteiger partial charge in [-0.15, -0.1) is 0 Å². The Morgan fingerprint density at radius 2 is 2.04 bits per heavy atom. The molecule has 6 heteroatoms. The molecule has 0 unspecified atom stereocenters. The second-order valence-corrected chi connectivity index (χ2v) is 7.47. The maximum Gasteiger partial charge on any atom is 0.255 e. The van der Waals surface area contributed by atoms with E-state index >= 15 is 0 Å². The fourth-order valence-corrected chi connectivity index (χ4v) is 4.16. The number of nitrogens with one attached hydrogen (secondary N) is 1. The number of rotatable bonds is 3. The molecule has 1 fully saturated rings. The van der Waals surface area contributed by atoms with Gasteiger partial charge in [-0.25, -0.2) is 4.98 Å². The van der Waals surface area contributed by atoms with Crippen molar-refractivity contribution in [3.05, 3.63) is 44.5 Å². The first-order chi connectivity index (χ1) is 12.1. The summed E-state index contributed by atoms with van der Waals surface area (Å²) in [4.78, 5) is 22.9. The number of hydrogen-bond donors (Lipinski definition) is 1. The summed E-state index contributed by atoms with van der Waals surface area (Å²) >= 11 is 0. The lowest BCUT2D eigenvalue weighted by atomic mass is 9.88. The van der Waals surface area contributed by atoms with E-state index in [1.165, 1.54) is 19.3 Å². The van der Waals surface area contributed by atoms with E-state index in [1.54, 1.807) is 0 Å². The molecule has 6 nitrogen and oxygen atoms in total.